The summed E-state index contributed by atoms with van der Waals surface area (Å²) in [4.78, 5) is 14.1. The maximum Gasteiger partial charge on any atom is 0.239 e. The average Bonchev–Trinajstić information content (AvgIpc) is 2.51. The minimum atomic E-state index is -1.48. The summed E-state index contributed by atoms with van der Waals surface area (Å²) in [6.07, 6.45) is -1.12. The highest BCUT2D eigenvalue weighted by molar-refractivity contribution is 6.30. The molecule has 1 amide bonds. The van der Waals surface area contributed by atoms with E-state index in [1.54, 1.807) is 29.2 Å². The van der Waals surface area contributed by atoms with Crippen molar-refractivity contribution in [1.82, 2.24) is 4.90 Å². The molecule has 3 atom stereocenters. The van der Waals surface area contributed by atoms with E-state index < -0.39 is 23.2 Å². The van der Waals surface area contributed by atoms with Gasteiger partial charge in [-0.1, -0.05) is 51.4 Å². The third-order valence-corrected chi connectivity index (χ3v) is 5.34. The number of nitrogens with zero attached hydrogens (tertiary/aromatic N) is 1. The Balaban J connectivity index is 2.33. The van der Waals surface area contributed by atoms with Gasteiger partial charge in [-0.25, -0.2) is 0 Å². The fourth-order valence-electron chi connectivity index (χ4n) is 3.41. The maximum absolute atomic E-state index is 12.6. The van der Waals surface area contributed by atoms with Crippen LogP contribution in [-0.2, 0) is 10.4 Å². The SMILES string of the molecule is CC(C)[C@@H](N)C(=O)N1C[C@H](O)[C@@](O)(c2ccc(Cl)cc2)C(C)(C)C1. The number of amides is 1. The molecule has 0 unspecified atom stereocenters. The van der Waals surface area contributed by atoms with E-state index in [0.29, 0.717) is 17.1 Å². The number of β-amino-alcohol motifs (C(OH)–C–C–N with tert-alkyl or cyclic N) is 1. The summed E-state index contributed by atoms with van der Waals surface area (Å²) in [7, 11) is 0. The van der Waals surface area contributed by atoms with Crippen molar-refractivity contribution in [2.45, 2.75) is 45.4 Å². The predicted molar refractivity (Wildman–Crippen MR) is 94.5 cm³/mol. The number of carbonyl (C=O) groups is 1. The Morgan fingerprint density at radius 1 is 1.33 bits per heavy atom. The zero-order valence-corrected chi connectivity index (χ0v) is 15.4. The highest BCUT2D eigenvalue weighted by Crippen LogP contribution is 2.46. The van der Waals surface area contributed by atoms with Crippen LogP contribution in [0.25, 0.3) is 0 Å². The van der Waals surface area contributed by atoms with Gasteiger partial charge in [-0.2, -0.15) is 0 Å². The number of nitrogens with two attached hydrogens (primary N) is 1. The van der Waals surface area contributed by atoms with Crippen molar-refractivity contribution < 1.29 is 15.0 Å². The molecule has 1 aromatic rings. The predicted octanol–water partition coefficient (Wildman–Crippen LogP) is 1.74. The van der Waals surface area contributed by atoms with Gasteiger partial charge in [0.15, 0.2) is 0 Å². The van der Waals surface area contributed by atoms with Gasteiger partial charge in [-0.05, 0) is 23.6 Å². The lowest BCUT2D eigenvalue weighted by atomic mass is 9.65. The Morgan fingerprint density at radius 2 is 1.88 bits per heavy atom. The zero-order chi connectivity index (χ0) is 18.3. The van der Waals surface area contributed by atoms with Crippen LogP contribution < -0.4 is 5.73 Å². The van der Waals surface area contributed by atoms with E-state index in [9.17, 15) is 15.0 Å². The molecule has 1 aromatic carbocycles. The van der Waals surface area contributed by atoms with Crippen molar-refractivity contribution in [1.29, 1.82) is 0 Å². The largest absolute Gasteiger partial charge is 0.388 e. The molecule has 0 aliphatic carbocycles. The molecule has 0 radical (unpaired) electrons. The number of rotatable bonds is 3. The second-order valence-corrected chi connectivity index (χ2v) is 8.10. The van der Waals surface area contributed by atoms with Crippen LogP contribution in [0.4, 0.5) is 0 Å². The third kappa shape index (κ3) is 3.18. The number of aliphatic hydroxyl groups excluding tert-OH is 1. The lowest BCUT2D eigenvalue weighted by Gasteiger charge is -2.53. The van der Waals surface area contributed by atoms with Crippen LogP contribution in [0.15, 0.2) is 24.3 Å². The van der Waals surface area contributed by atoms with Gasteiger partial charge in [-0.3, -0.25) is 4.79 Å². The van der Waals surface area contributed by atoms with Crippen LogP contribution in [0.2, 0.25) is 5.02 Å². The Bertz CT molecular complexity index is 603. The molecule has 1 saturated heterocycles. The molecule has 0 saturated carbocycles. The van der Waals surface area contributed by atoms with Gasteiger partial charge in [0, 0.05) is 23.5 Å². The summed E-state index contributed by atoms with van der Waals surface area (Å²) in [6.45, 7) is 7.80. The van der Waals surface area contributed by atoms with E-state index in [4.69, 9.17) is 17.3 Å². The highest BCUT2D eigenvalue weighted by Gasteiger charge is 2.55. The Hall–Kier alpha value is -1.14. The molecule has 4 N–H and O–H groups in total. The van der Waals surface area contributed by atoms with Gasteiger partial charge in [0.05, 0.1) is 6.04 Å². The van der Waals surface area contributed by atoms with Crippen molar-refractivity contribution in [3.63, 3.8) is 0 Å². The minimum Gasteiger partial charge on any atom is -0.388 e. The number of piperidine rings is 1. The van der Waals surface area contributed by atoms with Crippen molar-refractivity contribution in [3.05, 3.63) is 34.9 Å². The fraction of sp³-hybridized carbons (Fsp3) is 0.611. The first kappa shape index (κ1) is 19.2. The van der Waals surface area contributed by atoms with Crippen LogP contribution in [0.1, 0.15) is 33.3 Å². The van der Waals surface area contributed by atoms with Crippen LogP contribution in [0.3, 0.4) is 0 Å². The van der Waals surface area contributed by atoms with E-state index >= 15 is 0 Å². The quantitative estimate of drug-likeness (QED) is 0.771. The Kier molecular flexibility index (Phi) is 5.31. The molecule has 0 spiro atoms. The monoisotopic (exact) mass is 354 g/mol. The number of benzene rings is 1. The van der Waals surface area contributed by atoms with E-state index in [-0.39, 0.29) is 18.4 Å². The molecular weight excluding hydrogens is 328 g/mol. The fourth-order valence-corrected chi connectivity index (χ4v) is 3.53. The molecule has 1 fully saturated rings. The highest BCUT2D eigenvalue weighted by atomic mass is 35.5. The maximum atomic E-state index is 12.6. The molecule has 2 rings (SSSR count). The number of hydrogen-bond acceptors (Lipinski definition) is 4. The summed E-state index contributed by atoms with van der Waals surface area (Å²) >= 11 is 5.92. The molecule has 1 heterocycles. The second-order valence-electron chi connectivity index (χ2n) is 7.66. The number of halogens is 1. The van der Waals surface area contributed by atoms with E-state index in [1.165, 1.54) is 0 Å². The number of hydrogen-bond donors (Lipinski definition) is 3. The number of aliphatic hydroxyl groups is 2. The van der Waals surface area contributed by atoms with Crippen molar-refractivity contribution in [2.24, 2.45) is 17.1 Å². The Labute approximate surface area is 148 Å². The van der Waals surface area contributed by atoms with Gasteiger partial charge in [0.1, 0.15) is 11.7 Å². The van der Waals surface area contributed by atoms with Crippen LogP contribution in [0.5, 0.6) is 0 Å². The Morgan fingerprint density at radius 3 is 2.33 bits per heavy atom. The minimum absolute atomic E-state index is 0.00910. The van der Waals surface area contributed by atoms with Gasteiger partial charge in [0.25, 0.3) is 0 Å². The van der Waals surface area contributed by atoms with Crippen molar-refractivity contribution >= 4 is 17.5 Å². The van der Waals surface area contributed by atoms with Crippen molar-refractivity contribution in [3.8, 4) is 0 Å². The van der Waals surface area contributed by atoms with E-state index in [1.807, 2.05) is 27.7 Å². The molecule has 5 nitrogen and oxygen atoms in total. The first-order valence-corrected chi connectivity index (χ1v) is 8.59. The summed E-state index contributed by atoms with van der Waals surface area (Å²) < 4.78 is 0. The molecule has 0 bridgehead atoms. The lowest BCUT2D eigenvalue weighted by Crippen LogP contribution is -2.66. The second kappa shape index (κ2) is 6.64. The molecule has 0 aromatic heterocycles. The normalized spacial score (nSPS) is 28.0. The molecule has 1 aliphatic heterocycles. The first-order valence-electron chi connectivity index (χ1n) is 8.21. The summed E-state index contributed by atoms with van der Waals surface area (Å²) in [5, 5.41) is 22.6. The third-order valence-electron chi connectivity index (χ3n) is 5.09. The van der Waals surface area contributed by atoms with E-state index in [2.05, 4.69) is 0 Å². The average molecular weight is 355 g/mol. The standard InChI is InChI=1S/C18H27ClN2O3/c1-11(2)15(20)16(23)21-9-14(22)18(24,17(3,4)10-21)12-5-7-13(19)8-6-12/h5-8,11,14-15,22,24H,9-10,20H2,1-4H3/t14-,15+,18-/m0/s1. The van der Waals surface area contributed by atoms with Crippen LogP contribution in [-0.4, -0.2) is 46.3 Å². The summed E-state index contributed by atoms with van der Waals surface area (Å²) in [5.41, 5.74) is 4.32. The van der Waals surface area contributed by atoms with Crippen LogP contribution in [0, 0.1) is 11.3 Å². The topological polar surface area (TPSA) is 86.8 Å². The molecule has 134 valence electrons. The molecule has 6 heteroatoms. The van der Waals surface area contributed by atoms with E-state index in [0.717, 1.165) is 0 Å². The van der Waals surface area contributed by atoms with Gasteiger partial charge in [0.2, 0.25) is 5.91 Å². The molecular formula is C18H27ClN2O3. The zero-order valence-electron chi connectivity index (χ0n) is 14.7. The summed E-state index contributed by atoms with van der Waals surface area (Å²) in [5.74, 6) is -0.190. The van der Waals surface area contributed by atoms with Crippen LogP contribution >= 0.6 is 11.6 Å². The van der Waals surface area contributed by atoms with Gasteiger partial charge >= 0.3 is 0 Å². The number of carbonyl (C=O) groups excluding carboxylic acids is 1. The first-order chi connectivity index (χ1) is 11.0. The van der Waals surface area contributed by atoms with Gasteiger partial charge < -0.3 is 20.8 Å². The van der Waals surface area contributed by atoms with Crippen molar-refractivity contribution in [2.75, 3.05) is 13.1 Å². The summed E-state index contributed by atoms with van der Waals surface area (Å²) in [6, 6.07) is 6.18. The van der Waals surface area contributed by atoms with Gasteiger partial charge in [-0.15, -0.1) is 0 Å². The number of likely N-dealkylation sites (tertiary alicyclic amines) is 1. The lowest BCUT2D eigenvalue weighted by molar-refractivity contribution is -0.200. The molecule has 24 heavy (non-hydrogen) atoms. The smallest absolute Gasteiger partial charge is 0.239 e. The molecule has 1 aliphatic rings.